The number of nitro groups is 2. The van der Waals surface area contributed by atoms with E-state index in [0.717, 1.165) is 6.20 Å². The van der Waals surface area contributed by atoms with E-state index in [0.29, 0.717) is 11.4 Å². The van der Waals surface area contributed by atoms with Gasteiger partial charge in [0.25, 0.3) is 5.69 Å². The molecule has 0 spiro atoms. The third-order valence-corrected chi connectivity index (χ3v) is 2.70. The van der Waals surface area contributed by atoms with Crippen molar-refractivity contribution in [1.29, 1.82) is 0 Å². The van der Waals surface area contributed by atoms with Crippen LogP contribution in [0.5, 0.6) is 0 Å². The van der Waals surface area contributed by atoms with Gasteiger partial charge in [-0.1, -0.05) is 6.58 Å². The first-order valence-electron chi connectivity index (χ1n) is 5.79. The second kappa shape index (κ2) is 5.78. The minimum absolute atomic E-state index is 0.00428. The van der Waals surface area contributed by atoms with Gasteiger partial charge in [-0.2, -0.15) is 4.57 Å². The molecular weight excluding hydrogens is 276 g/mol. The Bertz CT molecular complexity index is 731. The van der Waals surface area contributed by atoms with Gasteiger partial charge < -0.3 is 10.1 Å². The summed E-state index contributed by atoms with van der Waals surface area (Å²) in [7, 11) is 0. The monoisotopic (exact) mass is 286 g/mol. The molecule has 1 aromatic carbocycles. The average Bonchev–Trinajstić information content (AvgIpc) is 2.88. The first-order chi connectivity index (χ1) is 10.0. The van der Waals surface area contributed by atoms with Crippen LogP contribution in [0.15, 0.2) is 37.0 Å². The third kappa shape index (κ3) is 3.00. The molecule has 0 unspecified atom stereocenters. The van der Waals surface area contributed by atoms with Gasteiger partial charge in [0.15, 0.2) is 0 Å². The number of rotatable bonds is 5. The van der Waals surface area contributed by atoms with Crippen molar-refractivity contribution >= 4 is 29.9 Å². The fraction of sp³-hybridized carbons (Fsp3) is 0. The van der Waals surface area contributed by atoms with Crippen LogP contribution in [-0.2, 0) is 0 Å². The molecule has 21 heavy (non-hydrogen) atoms. The maximum Gasteiger partial charge on any atom is 0.347 e. The molecule has 0 amide bonds. The first-order valence-corrected chi connectivity index (χ1v) is 5.79. The van der Waals surface area contributed by atoms with Gasteiger partial charge in [0.05, 0.1) is 11.1 Å². The molecule has 0 N–H and O–H groups in total. The smallest absolute Gasteiger partial charge is 0.347 e. The summed E-state index contributed by atoms with van der Waals surface area (Å²) in [6, 6.07) is 5.90. The van der Waals surface area contributed by atoms with Crippen molar-refractivity contribution in [3.63, 3.8) is 0 Å². The lowest BCUT2D eigenvalue weighted by Gasteiger charge is -1.95. The molecule has 0 radical (unpaired) electrons. The number of imidazole rings is 1. The van der Waals surface area contributed by atoms with E-state index in [9.17, 15) is 20.2 Å². The molecule has 0 aliphatic carbocycles. The molecule has 2 rings (SSSR count). The number of nitrogens with zero attached hydrogens (tertiary/aromatic N) is 4. The molecule has 0 aliphatic heterocycles. The number of benzene rings is 1. The zero-order valence-electron chi connectivity index (χ0n) is 10.7. The second-order valence-corrected chi connectivity index (χ2v) is 3.97. The minimum Gasteiger partial charge on any atom is -0.358 e. The van der Waals surface area contributed by atoms with E-state index in [4.69, 9.17) is 0 Å². The predicted molar refractivity (Wildman–Crippen MR) is 77.3 cm³/mol. The van der Waals surface area contributed by atoms with Crippen molar-refractivity contribution in [3.8, 4) is 0 Å². The number of non-ortho nitro benzene ring substituents is 1. The summed E-state index contributed by atoms with van der Waals surface area (Å²) in [6.45, 7) is 3.50. The fourth-order valence-electron chi connectivity index (χ4n) is 1.69. The molecular formula is C13H10N4O4. The molecule has 1 heterocycles. The normalized spacial score (nSPS) is 10.7. The second-order valence-electron chi connectivity index (χ2n) is 3.97. The van der Waals surface area contributed by atoms with Crippen LogP contribution < -0.4 is 0 Å². The van der Waals surface area contributed by atoms with Crippen LogP contribution in [0, 0.1) is 20.2 Å². The SMILES string of the molecule is C=Cn1c([N+](=O)[O-])cnc1/C=C/c1ccc([N+](=O)[O-])cc1. The maximum absolute atomic E-state index is 10.8. The Morgan fingerprint density at radius 3 is 2.29 bits per heavy atom. The fourth-order valence-corrected chi connectivity index (χ4v) is 1.69. The number of hydrogen-bond acceptors (Lipinski definition) is 5. The van der Waals surface area contributed by atoms with Gasteiger partial charge in [0.2, 0.25) is 5.82 Å². The predicted octanol–water partition coefficient (Wildman–Crippen LogP) is 2.97. The van der Waals surface area contributed by atoms with Crippen LogP contribution in [0.4, 0.5) is 11.5 Å². The summed E-state index contributed by atoms with van der Waals surface area (Å²) in [5.41, 5.74) is 0.706. The van der Waals surface area contributed by atoms with Crippen molar-refractivity contribution in [2.75, 3.05) is 0 Å². The Kier molecular flexibility index (Phi) is 3.89. The largest absolute Gasteiger partial charge is 0.358 e. The van der Waals surface area contributed by atoms with Gasteiger partial charge in [-0.15, -0.1) is 0 Å². The summed E-state index contributed by atoms with van der Waals surface area (Å²) in [5.74, 6) is 0.156. The Morgan fingerprint density at radius 1 is 1.10 bits per heavy atom. The van der Waals surface area contributed by atoms with Crippen LogP contribution >= 0.6 is 0 Å². The highest BCUT2D eigenvalue weighted by atomic mass is 16.6. The highest BCUT2D eigenvalue weighted by molar-refractivity contribution is 5.68. The Hall–Kier alpha value is -3.29. The summed E-state index contributed by atoms with van der Waals surface area (Å²) < 4.78 is 1.24. The van der Waals surface area contributed by atoms with Crippen molar-refractivity contribution < 1.29 is 9.85 Å². The van der Waals surface area contributed by atoms with Crippen LogP contribution in [0.1, 0.15) is 11.4 Å². The molecule has 8 nitrogen and oxygen atoms in total. The molecule has 0 saturated heterocycles. The van der Waals surface area contributed by atoms with Crippen LogP contribution in [0.3, 0.4) is 0 Å². The molecule has 106 valence electrons. The van der Waals surface area contributed by atoms with Gasteiger partial charge in [-0.3, -0.25) is 10.1 Å². The summed E-state index contributed by atoms with van der Waals surface area (Å²) in [4.78, 5) is 24.2. The van der Waals surface area contributed by atoms with E-state index >= 15 is 0 Å². The van der Waals surface area contributed by atoms with Gasteiger partial charge >= 0.3 is 5.82 Å². The third-order valence-electron chi connectivity index (χ3n) is 2.70. The Balaban J connectivity index is 2.27. The summed E-state index contributed by atoms with van der Waals surface area (Å²) in [5, 5.41) is 21.3. The molecule has 0 fully saturated rings. The number of nitro benzene ring substituents is 1. The highest BCUT2D eigenvalue weighted by Crippen LogP contribution is 2.17. The molecule has 8 heteroatoms. The molecule has 0 bridgehead atoms. The zero-order chi connectivity index (χ0) is 15.4. The van der Waals surface area contributed by atoms with Crippen molar-refractivity contribution in [1.82, 2.24) is 9.55 Å². The first kappa shape index (κ1) is 14.1. The van der Waals surface area contributed by atoms with E-state index in [1.165, 1.54) is 22.9 Å². The van der Waals surface area contributed by atoms with Crippen molar-refractivity contribution in [2.24, 2.45) is 0 Å². The van der Waals surface area contributed by atoms with Crippen LogP contribution in [0.2, 0.25) is 0 Å². The van der Waals surface area contributed by atoms with Crippen molar-refractivity contribution in [2.45, 2.75) is 0 Å². The van der Waals surface area contributed by atoms with E-state index < -0.39 is 9.85 Å². The standard InChI is InChI=1S/C13H10N4O4/c1-2-15-12(14-9-13(15)17(20)21)8-5-10-3-6-11(7-4-10)16(18)19/h2-9H,1H2/b8-5+. The summed E-state index contributed by atoms with van der Waals surface area (Å²) in [6.07, 6.45) is 5.64. The quantitative estimate of drug-likeness (QED) is 0.620. The van der Waals surface area contributed by atoms with Gasteiger partial charge in [0, 0.05) is 18.2 Å². The van der Waals surface area contributed by atoms with Gasteiger partial charge in [-0.05, 0) is 28.7 Å². The Labute approximate surface area is 119 Å². The number of aromatic nitrogens is 2. The molecule has 1 aromatic heterocycles. The highest BCUT2D eigenvalue weighted by Gasteiger charge is 2.15. The van der Waals surface area contributed by atoms with E-state index in [1.54, 1.807) is 24.3 Å². The van der Waals surface area contributed by atoms with Crippen LogP contribution in [-0.4, -0.2) is 19.4 Å². The van der Waals surface area contributed by atoms with E-state index in [-0.39, 0.29) is 11.5 Å². The summed E-state index contributed by atoms with van der Waals surface area (Å²) >= 11 is 0. The van der Waals surface area contributed by atoms with Crippen LogP contribution in [0.25, 0.3) is 18.4 Å². The average molecular weight is 286 g/mol. The number of hydrogen-bond donors (Lipinski definition) is 0. The molecule has 0 aliphatic rings. The molecule has 0 saturated carbocycles. The van der Waals surface area contributed by atoms with Gasteiger partial charge in [0.1, 0.15) is 6.20 Å². The topological polar surface area (TPSA) is 104 Å². The van der Waals surface area contributed by atoms with Crippen molar-refractivity contribution in [3.05, 3.63) is 68.7 Å². The van der Waals surface area contributed by atoms with Gasteiger partial charge in [-0.25, -0.2) is 4.98 Å². The lowest BCUT2D eigenvalue weighted by molar-refractivity contribution is -0.390. The minimum atomic E-state index is -0.558. The Morgan fingerprint density at radius 2 is 1.76 bits per heavy atom. The lowest BCUT2D eigenvalue weighted by atomic mass is 10.2. The lowest BCUT2D eigenvalue weighted by Crippen LogP contribution is -1.97. The zero-order valence-corrected chi connectivity index (χ0v) is 10.7. The molecule has 0 atom stereocenters. The molecule has 2 aromatic rings. The maximum atomic E-state index is 10.8. The van der Waals surface area contributed by atoms with E-state index in [1.807, 2.05) is 0 Å². The van der Waals surface area contributed by atoms with E-state index in [2.05, 4.69) is 11.6 Å².